The molecule has 0 spiro atoms. The first-order chi connectivity index (χ1) is 14.6. The monoisotopic (exact) mass is 423 g/mol. The standard InChI is InChI=1S/C20H22BN5O3S/c1-3-7-22-20(27)15-11-30-18-17(15)23-12-24-19(18)26(4-2)25-9-13-5-6-16-14(8-13)10-29-21(16)28/h5-6,8-9,11-12,28H,3-4,7,10H2,1-2H3,(H,22,27)/b25-9+. The summed E-state index contributed by atoms with van der Waals surface area (Å²) in [6.45, 7) is 5.62. The molecule has 0 saturated heterocycles. The maximum Gasteiger partial charge on any atom is 0.491 e. The Kier molecular flexibility index (Phi) is 6.07. The molecule has 1 aliphatic rings. The summed E-state index contributed by atoms with van der Waals surface area (Å²) in [5.74, 6) is 0.542. The Balaban J connectivity index is 1.61. The Morgan fingerprint density at radius 1 is 1.43 bits per heavy atom. The van der Waals surface area contributed by atoms with E-state index in [-0.39, 0.29) is 5.91 Å². The van der Waals surface area contributed by atoms with Crippen LogP contribution in [-0.4, -0.2) is 47.3 Å². The van der Waals surface area contributed by atoms with Gasteiger partial charge in [-0.05, 0) is 36.0 Å². The molecule has 2 N–H and O–H groups in total. The number of anilines is 1. The van der Waals surface area contributed by atoms with Crippen molar-refractivity contribution < 1.29 is 14.5 Å². The third kappa shape index (κ3) is 3.93. The first-order valence-corrected chi connectivity index (χ1v) is 10.7. The smallest absolute Gasteiger partial charge is 0.423 e. The highest BCUT2D eigenvalue weighted by Crippen LogP contribution is 2.31. The van der Waals surface area contributed by atoms with Crippen molar-refractivity contribution >= 4 is 52.1 Å². The molecule has 1 amide bonds. The van der Waals surface area contributed by atoms with Crippen molar-refractivity contribution in [2.45, 2.75) is 26.9 Å². The lowest BCUT2D eigenvalue weighted by Crippen LogP contribution is -2.27. The van der Waals surface area contributed by atoms with E-state index in [4.69, 9.17) is 4.65 Å². The van der Waals surface area contributed by atoms with Crippen LogP contribution in [0, 0.1) is 0 Å². The number of fused-ring (bicyclic) bond motifs is 2. The van der Waals surface area contributed by atoms with E-state index >= 15 is 0 Å². The van der Waals surface area contributed by atoms with E-state index in [9.17, 15) is 9.82 Å². The van der Waals surface area contributed by atoms with Crippen LogP contribution < -0.4 is 15.8 Å². The number of thiophene rings is 1. The molecule has 0 unspecified atom stereocenters. The molecule has 1 aromatic carbocycles. The summed E-state index contributed by atoms with van der Waals surface area (Å²) >= 11 is 1.44. The van der Waals surface area contributed by atoms with Gasteiger partial charge in [-0.3, -0.25) is 4.79 Å². The summed E-state index contributed by atoms with van der Waals surface area (Å²) in [7, 11) is -0.852. The van der Waals surface area contributed by atoms with Gasteiger partial charge in [-0.1, -0.05) is 19.1 Å². The van der Waals surface area contributed by atoms with Crippen molar-refractivity contribution in [3.05, 3.63) is 46.6 Å². The summed E-state index contributed by atoms with van der Waals surface area (Å²) in [4.78, 5) is 21.2. The maximum absolute atomic E-state index is 12.4. The highest BCUT2D eigenvalue weighted by molar-refractivity contribution is 7.18. The highest BCUT2D eigenvalue weighted by Gasteiger charge is 2.26. The van der Waals surface area contributed by atoms with Gasteiger partial charge in [-0.15, -0.1) is 11.3 Å². The Hall–Kier alpha value is -2.82. The molecule has 0 saturated carbocycles. The quantitative estimate of drug-likeness (QED) is 0.342. The van der Waals surface area contributed by atoms with Crippen LogP contribution in [0.25, 0.3) is 10.2 Å². The number of nitrogens with zero attached hydrogens (tertiary/aromatic N) is 4. The number of hydrazone groups is 1. The number of benzene rings is 1. The molecule has 0 bridgehead atoms. The SMILES string of the molecule is CCCNC(=O)c1csc2c(N(CC)/N=C/c3ccc4c(c3)COB4O)ncnc12. The molecule has 2 aromatic heterocycles. The molecule has 154 valence electrons. The number of rotatable bonds is 7. The number of nitrogens with one attached hydrogen (secondary N) is 1. The minimum Gasteiger partial charge on any atom is -0.423 e. The molecule has 0 fully saturated rings. The van der Waals surface area contributed by atoms with Crippen molar-refractivity contribution in [2.24, 2.45) is 5.10 Å². The zero-order valence-electron chi connectivity index (χ0n) is 16.8. The number of hydrogen-bond acceptors (Lipinski definition) is 8. The molecule has 30 heavy (non-hydrogen) atoms. The topological polar surface area (TPSA) is 99.9 Å². The first-order valence-electron chi connectivity index (χ1n) is 9.86. The van der Waals surface area contributed by atoms with E-state index < -0.39 is 7.12 Å². The fraction of sp³-hybridized carbons (Fsp3) is 0.300. The van der Waals surface area contributed by atoms with E-state index in [2.05, 4.69) is 20.4 Å². The molecular formula is C20H22BN5O3S. The van der Waals surface area contributed by atoms with Crippen LogP contribution in [0.3, 0.4) is 0 Å². The average Bonchev–Trinajstić information content (AvgIpc) is 3.36. The molecule has 4 rings (SSSR count). The summed E-state index contributed by atoms with van der Waals surface area (Å²) < 4.78 is 6.06. The summed E-state index contributed by atoms with van der Waals surface area (Å²) in [5, 5.41) is 20.9. The third-order valence-corrected chi connectivity index (χ3v) is 5.80. The zero-order chi connectivity index (χ0) is 21.1. The van der Waals surface area contributed by atoms with E-state index in [1.165, 1.54) is 17.7 Å². The molecule has 0 radical (unpaired) electrons. The fourth-order valence-electron chi connectivity index (χ4n) is 3.27. The molecule has 3 heterocycles. The lowest BCUT2D eigenvalue weighted by molar-refractivity contribution is 0.0955. The van der Waals surface area contributed by atoms with Gasteiger partial charge < -0.3 is 15.0 Å². The third-order valence-electron chi connectivity index (χ3n) is 4.83. The maximum atomic E-state index is 12.4. The Morgan fingerprint density at radius 3 is 3.10 bits per heavy atom. The van der Waals surface area contributed by atoms with Crippen LogP contribution >= 0.6 is 11.3 Å². The van der Waals surface area contributed by atoms with Crippen LogP contribution in [0.1, 0.15) is 41.8 Å². The summed E-state index contributed by atoms with van der Waals surface area (Å²) in [6, 6.07) is 5.71. The van der Waals surface area contributed by atoms with Gasteiger partial charge in [-0.25, -0.2) is 15.0 Å². The fourth-order valence-corrected chi connectivity index (χ4v) is 4.26. The Morgan fingerprint density at radius 2 is 2.30 bits per heavy atom. The molecule has 0 aliphatic carbocycles. The van der Waals surface area contributed by atoms with Gasteiger partial charge >= 0.3 is 7.12 Å². The minimum atomic E-state index is -0.852. The average molecular weight is 423 g/mol. The minimum absolute atomic E-state index is 0.123. The normalized spacial score (nSPS) is 13.2. The Labute approximate surface area is 178 Å². The lowest BCUT2D eigenvalue weighted by Gasteiger charge is -2.16. The van der Waals surface area contributed by atoms with Crippen LogP contribution in [0.15, 0.2) is 35.0 Å². The van der Waals surface area contributed by atoms with Crippen molar-refractivity contribution in [3.8, 4) is 0 Å². The van der Waals surface area contributed by atoms with E-state index in [0.717, 1.165) is 27.7 Å². The number of hydrogen-bond donors (Lipinski definition) is 2. The van der Waals surface area contributed by atoms with E-state index in [0.29, 0.717) is 36.6 Å². The summed E-state index contributed by atoms with van der Waals surface area (Å²) in [5.41, 5.74) is 3.85. The second-order valence-electron chi connectivity index (χ2n) is 6.86. The predicted octanol–water partition coefficient (Wildman–Crippen LogP) is 1.91. The van der Waals surface area contributed by atoms with Crippen molar-refractivity contribution in [3.63, 3.8) is 0 Å². The number of carbonyl (C=O) groups excluding carboxylic acids is 1. The van der Waals surface area contributed by atoms with Crippen molar-refractivity contribution in [2.75, 3.05) is 18.1 Å². The van der Waals surface area contributed by atoms with Crippen LogP contribution in [0.4, 0.5) is 5.82 Å². The van der Waals surface area contributed by atoms with Gasteiger partial charge in [0.15, 0.2) is 5.82 Å². The van der Waals surface area contributed by atoms with Crippen LogP contribution in [0.5, 0.6) is 0 Å². The Bertz CT molecular complexity index is 1100. The van der Waals surface area contributed by atoms with E-state index in [1.807, 2.05) is 37.4 Å². The van der Waals surface area contributed by atoms with Crippen molar-refractivity contribution in [1.82, 2.24) is 15.3 Å². The molecular weight excluding hydrogens is 401 g/mol. The lowest BCUT2D eigenvalue weighted by atomic mass is 9.79. The van der Waals surface area contributed by atoms with Crippen molar-refractivity contribution in [1.29, 1.82) is 0 Å². The van der Waals surface area contributed by atoms with Gasteiger partial charge in [0.05, 0.1) is 28.6 Å². The van der Waals surface area contributed by atoms with Gasteiger partial charge in [0.25, 0.3) is 5.91 Å². The largest absolute Gasteiger partial charge is 0.491 e. The highest BCUT2D eigenvalue weighted by atomic mass is 32.1. The number of aromatic nitrogens is 2. The predicted molar refractivity (Wildman–Crippen MR) is 119 cm³/mol. The van der Waals surface area contributed by atoms with Crippen LogP contribution in [-0.2, 0) is 11.3 Å². The van der Waals surface area contributed by atoms with Gasteiger partial charge in [-0.2, -0.15) is 5.10 Å². The molecule has 3 aromatic rings. The number of amides is 1. The van der Waals surface area contributed by atoms with Gasteiger partial charge in [0.1, 0.15) is 6.33 Å². The van der Waals surface area contributed by atoms with Gasteiger partial charge in [0.2, 0.25) is 0 Å². The van der Waals surface area contributed by atoms with E-state index in [1.54, 1.807) is 11.2 Å². The van der Waals surface area contributed by atoms with Crippen LogP contribution in [0.2, 0.25) is 0 Å². The zero-order valence-corrected chi connectivity index (χ0v) is 17.6. The molecule has 8 nitrogen and oxygen atoms in total. The second-order valence-corrected chi connectivity index (χ2v) is 7.74. The van der Waals surface area contributed by atoms with Gasteiger partial charge in [0, 0.05) is 18.5 Å². The molecule has 1 aliphatic heterocycles. The first kappa shape index (κ1) is 20.5. The summed E-state index contributed by atoms with van der Waals surface area (Å²) in [6.07, 6.45) is 4.10. The second kappa shape index (κ2) is 8.91. The molecule has 10 heteroatoms. The molecule has 0 atom stereocenters. The number of carbonyl (C=O) groups is 1.